The fourth-order valence-electron chi connectivity index (χ4n) is 1.47. The van der Waals surface area contributed by atoms with Crippen molar-refractivity contribution >= 4 is 17.5 Å². The van der Waals surface area contributed by atoms with Gasteiger partial charge in [-0.25, -0.2) is 9.97 Å². The van der Waals surface area contributed by atoms with Crippen molar-refractivity contribution in [3.05, 3.63) is 42.5 Å². The lowest BCUT2D eigenvalue weighted by Gasteiger charge is -2.06. The lowest BCUT2D eigenvalue weighted by atomic mass is 10.2. The Hall–Kier alpha value is -2.50. The van der Waals surface area contributed by atoms with Gasteiger partial charge in [-0.05, 0) is 18.6 Å². The summed E-state index contributed by atoms with van der Waals surface area (Å²) in [6, 6.07) is 3.45. The molecular formula is C13H15N5O. The molecule has 0 aliphatic heterocycles. The van der Waals surface area contributed by atoms with E-state index in [-0.39, 0.29) is 5.91 Å². The Morgan fingerprint density at radius 1 is 1.26 bits per heavy atom. The highest BCUT2D eigenvalue weighted by molar-refractivity contribution is 5.94. The Morgan fingerprint density at radius 2 is 2.05 bits per heavy atom. The highest BCUT2D eigenvalue weighted by Gasteiger charge is 2.06. The quantitative estimate of drug-likeness (QED) is 0.853. The van der Waals surface area contributed by atoms with Crippen LogP contribution in [0.1, 0.15) is 23.7 Å². The Bertz CT molecular complexity index is 544. The zero-order chi connectivity index (χ0) is 13.5. The van der Waals surface area contributed by atoms with Crippen molar-refractivity contribution in [1.29, 1.82) is 0 Å². The number of hydrogen-bond donors (Lipinski definition) is 2. The minimum Gasteiger partial charge on any atom is -0.352 e. The molecule has 2 aromatic rings. The van der Waals surface area contributed by atoms with Crippen LogP contribution in [0, 0.1) is 0 Å². The van der Waals surface area contributed by atoms with Gasteiger partial charge in [-0.3, -0.25) is 9.78 Å². The normalized spacial score (nSPS) is 9.95. The highest BCUT2D eigenvalue weighted by Crippen LogP contribution is 2.12. The second-order valence-electron chi connectivity index (χ2n) is 3.92. The maximum Gasteiger partial charge on any atom is 0.252 e. The molecule has 19 heavy (non-hydrogen) atoms. The van der Waals surface area contributed by atoms with E-state index in [1.807, 2.05) is 6.92 Å². The van der Waals surface area contributed by atoms with Gasteiger partial charge in [-0.1, -0.05) is 6.92 Å². The van der Waals surface area contributed by atoms with E-state index in [4.69, 9.17) is 0 Å². The molecule has 0 bridgehead atoms. The average molecular weight is 257 g/mol. The number of pyridine rings is 1. The van der Waals surface area contributed by atoms with E-state index in [1.165, 1.54) is 6.20 Å². The molecule has 0 aliphatic rings. The molecule has 1 amide bonds. The van der Waals surface area contributed by atoms with Crippen LogP contribution in [0.4, 0.5) is 11.6 Å². The van der Waals surface area contributed by atoms with E-state index >= 15 is 0 Å². The molecule has 0 atom stereocenters. The summed E-state index contributed by atoms with van der Waals surface area (Å²) in [6.45, 7) is 2.65. The number of aromatic nitrogens is 3. The Labute approximate surface area is 111 Å². The van der Waals surface area contributed by atoms with Crippen molar-refractivity contribution in [3.63, 3.8) is 0 Å². The van der Waals surface area contributed by atoms with Crippen LogP contribution in [-0.4, -0.2) is 27.4 Å². The zero-order valence-electron chi connectivity index (χ0n) is 10.6. The standard InChI is InChI=1S/C13H15N5O/c1-2-4-15-12(19)10-7-11(9-14-8-10)18-13-16-5-3-6-17-13/h3,5-9H,2,4H2,1H3,(H,15,19)(H,16,17,18). The van der Waals surface area contributed by atoms with Crippen LogP contribution in [0.25, 0.3) is 0 Å². The molecule has 2 aromatic heterocycles. The van der Waals surface area contributed by atoms with E-state index in [0.717, 1.165) is 6.42 Å². The third-order valence-corrected chi connectivity index (χ3v) is 2.36. The van der Waals surface area contributed by atoms with Gasteiger partial charge in [0.25, 0.3) is 5.91 Å². The van der Waals surface area contributed by atoms with Crippen molar-refractivity contribution in [3.8, 4) is 0 Å². The number of hydrogen-bond acceptors (Lipinski definition) is 5. The molecule has 98 valence electrons. The monoisotopic (exact) mass is 257 g/mol. The number of carbonyl (C=O) groups excluding carboxylic acids is 1. The van der Waals surface area contributed by atoms with Crippen molar-refractivity contribution < 1.29 is 4.79 Å². The summed E-state index contributed by atoms with van der Waals surface area (Å²) < 4.78 is 0. The molecule has 0 aliphatic carbocycles. The fourth-order valence-corrected chi connectivity index (χ4v) is 1.47. The molecule has 2 N–H and O–H groups in total. The van der Waals surface area contributed by atoms with Gasteiger partial charge in [0.15, 0.2) is 0 Å². The topological polar surface area (TPSA) is 79.8 Å². The first-order valence-electron chi connectivity index (χ1n) is 6.07. The third kappa shape index (κ3) is 3.74. The molecule has 6 nitrogen and oxygen atoms in total. The molecule has 0 aromatic carbocycles. The van der Waals surface area contributed by atoms with Crippen LogP contribution in [0.3, 0.4) is 0 Å². The highest BCUT2D eigenvalue weighted by atomic mass is 16.1. The second kappa shape index (κ2) is 6.44. The van der Waals surface area contributed by atoms with Crippen LogP contribution >= 0.6 is 0 Å². The van der Waals surface area contributed by atoms with Gasteiger partial charge in [0.2, 0.25) is 5.95 Å². The predicted molar refractivity (Wildman–Crippen MR) is 72.2 cm³/mol. The van der Waals surface area contributed by atoms with Gasteiger partial charge in [0.05, 0.1) is 17.4 Å². The summed E-state index contributed by atoms with van der Waals surface area (Å²) in [5.74, 6) is 0.336. The fraction of sp³-hybridized carbons (Fsp3) is 0.231. The Morgan fingerprint density at radius 3 is 2.79 bits per heavy atom. The molecule has 0 saturated carbocycles. The molecule has 0 saturated heterocycles. The SMILES string of the molecule is CCCNC(=O)c1cncc(Nc2ncccn2)c1. The molecule has 2 heterocycles. The lowest BCUT2D eigenvalue weighted by molar-refractivity contribution is 0.0953. The summed E-state index contributed by atoms with van der Waals surface area (Å²) in [5, 5.41) is 5.79. The minimum atomic E-state index is -0.132. The maximum absolute atomic E-state index is 11.8. The van der Waals surface area contributed by atoms with E-state index in [0.29, 0.717) is 23.7 Å². The van der Waals surface area contributed by atoms with Crippen LogP contribution in [0.2, 0.25) is 0 Å². The van der Waals surface area contributed by atoms with E-state index in [2.05, 4.69) is 25.6 Å². The van der Waals surface area contributed by atoms with E-state index in [1.54, 1.807) is 30.7 Å². The van der Waals surface area contributed by atoms with Gasteiger partial charge in [-0.2, -0.15) is 0 Å². The van der Waals surface area contributed by atoms with Gasteiger partial charge in [0, 0.05) is 25.1 Å². The first-order valence-corrected chi connectivity index (χ1v) is 6.07. The van der Waals surface area contributed by atoms with Crippen molar-refractivity contribution in [2.75, 3.05) is 11.9 Å². The number of nitrogens with one attached hydrogen (secondary N) is 2. The van der Waals surface area contributed by atoms with Crippen LogP contribution < -0.4 is 10.6 Å². The first kappa shape index (κ1) is 12.9. The Balaban J connectivity index is 2.09. The number of anilines is 2. The number of carbonyl (C=O) groups is 1. The third-order valence-electron chi connectivity index (χ3n) is 2.36. The molecule has 0 radical (unpaired) electrons. The molecule has 0 unspecified atom stereocenters. The maximum atomic E-state index is 11.8. The summed E-state index contributed by atoms with van der Waals surface area (Å²) >= 11 is 0. The zero-order valence-corrected chi connectivity index (χ0v) is 10.6. The number of rotatable bonds is 5. The molecule has 2 rings (SSSR count). The molecule has 0 fully saturated rings. The average Bonchev–Trinajstić information content (AvgIpc) is 2.46. The molecule has 6 heteroatoms. The van der Waals surface area contributed by atoms with Crippen LogP contribution in [0.15, 0.2) is 36.9 Å². The van der Waals surface area contributed by atoms with Crippen molar-refractivity contribution in [2.24, 2.45) is 0 Å². The lowest BCUT2D eigenvalue weighted by Crippen LogP contribution is -2.24. The largest absolute Gasteiger partial charge is 0.352 e. The summed E-state index contributed by atoms with van der Waals surface area (Å²) in [5.41, 5.74) is 1.18. The van der Waals surface area contributed by atoms with Crippen LogP contribution in [0.5, 0.6) is 0 Å². The van der Waals surface area contributed by atoms with Crippen molar-refractivity contribution in [1.82, 2.24) is 20.3 Å². The smallest absolute Gasteiger partial charge is 0.252 e. The van der Waals surface area contributed by atoms with Crippen molar-refractivity contribution in [2.45, 2.75) is 13.3 Å². The van der Waals surface area contributed by atoms with Gasteiger partial charge in [0.1, 0.15) is 0 Å². The summed E-state index contributed by atoms with van der Waals surface area (Å²) in [6.07, 6.45) is 7.32. The molecular weight excluding hydrogens is 242 g/mol. The number of nitrogens with zero attached hydrogens (tertiary/aromatic N) is 3. The second-order valence-corrected chi connectivity index (χ2v) is 3.92. The minimum absolute atomic E-state index is 0.132. The molecule has 0 spiro atoms. The summed E-state index contributed by atoms with van der Waals surface area (Å²) in [7, 11) is 0. The predicted octanol–water partition coefficient (Wildman–Crippen LogP) is 1.75. The van der Waals surface area contributed by atoms with Crippen LogP contribution in [-0.2, 0) is 0 Å². The van der Waals surface area contributed by atoms with Gasteiger partial charge >= 0.3 is 0 Å². The Kier molecular flexibility index (Phi) is 4.39. The first-order chi connectivity index (χ1) is 9.29. The van der Waals surface area contributed by atoms with Gasteiger partial charge in [-0.15, -0.1) is 0 Å². The van der Waals surface area contributed by atoms with E-state index < -0.39 is 0 Å². The van der Waals surface area contributed by atoms with Gasteiger partial charge < -0.3 is 10.6 Å². The number of amides is 1. The van der Waals surface area contributed by atoms with E-state index in [9.17, 15) is 4.79 Å². The summed E-state index contributed by atoms with van der Waals surface area (Å²) in [4.78, 5) is 23.9.